The van der Waals surface area contributed by atoms with Crippen molar-refractivity contribution in [2.45, 2.75) is 25.2 Å². The van der Waals surface area contributed by atoms with Gasteiger partial charge in [-0.1, -0.05) is 24.3 Å². The third-order valence-electron chi connectivity index (χ3n) is 3.65. The molecule has 0 aliphatic carbocycles. The van der Waals surface area contributed by atoms with Crippen LogP contribution in [0.5, 0.6) is 0 Å². The first-order chi connectivity index (χ1) is 11.0. The van der Waals surface area contributed by atoms with E-state index < -0.39 is 10.0 Å². The second kappa shape index (κ2) is 6.14. The molecule has 0 atom stereocenters. The van der Waals surface area contributed by atoms with E-state index in [9.17, 15) is 8.42 Å². The first kappa shape index (κ1) is 15.7. The third-order valence-corrected chi connectivity index (χ3v) is 5.27. The molecule has 1 aromatic heterocycles. The largest absolute Gasteiger partial charge is 0.441 e. The average molecular weight is 330 g/mol. The molecule has 0 saturated carbocycles. The molecule has 0 unspecified atom stereocenters. The summed E-state index contributed by atoms with van der Waals surface area (Å²) < 4.78 is 32.7. The van der Waals surface area contributed by atoms with Gasteiger partial charge in [-0.25, -0.2) is 18.1 Å². The first-order valence-electron chi connectivity index (χ1n) is 7.37. The lowest BCUT2D eigenvalue weighted by molar-refractivity contribution is 0.561. The van der Waals surface area contributed by atoms with Crippen LogP contribution in [-0.4, -0.2) is 19.9 Å². The summed E-state index contributed by atoms with van der Waals surface area (Å²) in [5.74, 6) is 0.623. The highest BCUT2D eigenvalue weighted by atomic mass is 32.2. The number of oxazole rings is 1. The quantitative estimate of drug-likeness (QED) is 0.780. The van der Waals surface area contributed by atoms with Gasteiger partial charge in [0, 0.05) is 13.5 Å². The monoisotopic (exact) mass is 330 g/mol. The van der Waals surface area contributed by atoms with Crippen molar-refractivity contribution in [2.24, 2.45) is 0 Å². The van der Waals surface area contributed by atoms with Gasteiger partial charge in [-0.3, -0.25) is 0 Å². The van der Waals surface area contributed by atoms with Crippen molar-refractivity contribution in [1.82, 2.24) is 9.71 Å². The van der Waals surface area contributed by atoms with Crippen molar-refractivity contribution in [3.05, 3.63) is 59.5 Å². The van der Waals surface area contributed by atoms with E-state index in [1.165, 1.54) is 0 Å². The van der Waals surface area contributed by atoms with Gasteiger partial charge >= 0.3 is 0 Å². The van der Waals surface area contributed by atoms with Crippen molar-refractivity contribution in [2.75, 3.05) is 6.54 Å². The molecule has 3 rings (SSSR count). The van der Waals surface area contributed by atoms with Crippen LogP contribution in [0.3, 0.4) is 0 Å². The van der Waals surface area contributed by atoms with Gasteiger partial charge in [-0.15, -0.1) is 0 Å². The zero-order valence-corrected chi connectivity index (χ0v) is 13.9. The van der Waals surface area contributed by atoms with Crippen LogP contribution < -0.4 is 4.72 Å². The van der Waals surface area contributed by atoms with Gasteiger partial charge in [0.1, 0.15) is 5.52 Å². The van der Waals surface area contributed by atoms with Gasteiger partial charge in [-0.2, -0.15) is 0 Å². The maximum Gasteiger partial charge on any atom is 0.240 e. The van der Waals surface area contributed by atoms with Crippen LogP contribution in [0.25, 0.3) is 11.1 Å². The molecule has 0 spiro atoms. The molecule has 23 heavy (non-hydrogen) atoms. The van der Waals surface area contributed by atoms with Crippen molar-refractivity contribution < 1.29 is 12.8 Å². The second-order valence-electron chi connectivity index (χ2n) is 5.45. The molecule has 1 heterocycles. The number of sulfonamides is 1. The topological polar surface area (TPSA) is 72.2 Å². The maximum absolute atomic E-state index is 12.3. The molecule has 0 fully saturated rings. The Hall–Kier alpha value is -2.18. The predicted octanol–water partition coefficient (Wildman–Crippen LogP) is 2.97. The average Bonchev–Trinajstić information content (AvgIpc) is 2.86. The standard InChI is InChI=1S/C17H18N2O3S/c1-12-5-3-4-6-17(12)23(20,21)18-10-9-14-7-8-16-15(11-14)19-13(2)22-16/h3-8,11,18H,9-10H2,1-2H3. The summed E-state index contributed by atoms with van der Waals surface area (Å²) in [5, 5.41) is 0. The number of hydrogen-bond donors (Lipinski definition) is 1. The molecule has 2 aromatic carbocycles. The molecule has 0 bridgehead atoms. The molecule has 6 heteroatoms. The Kier molecular flexibility index (Phi) is 4.19. The van der Waals surface area contributed by atoms with Crippen LogP contribution in [0, 0.1) is 13.8 Å². The van der Waals surface area contributed by atoms with Crippen molar-refractivity contribution in [1.29, 1.82) is 0 Å². The smallest absolute Gasteiger partial charge is 0.240 e. The zero-order valence-electron chi connectivity index (χ0n) is 13.0. The molecule has 0 saturated heterocycles. The van der Waals surface area contributed by atoms with E-state index in [4.69, 9.17) is 4.42 Å². The molecule has 0 aliphatic rings. The van der Waals surface area contributed by atoms with Crippen LogP contribution in [-0.2, 0) is 16.4 Å². The number of benzene rings is 2. The van der Waals surface area contributed by atoms with Crippen LogP contribution >= 0.6 is 0 Å². The lowest BCUT2D eigenvalue weighted by Gasteiger charge is -2.09. The zero-order chi connectivity index (χ0) is 16.4. The Balaban J connectivity index is 1.69. The molecule has 3 aromatic rings. The molecular formula is C17H18N2O3S. The summed E-state index contributed by atoms with van der Waals surface area (Å²) in [6, 6.07) is 12.7. The fourth-order valence-electron chi connectivity index (χ4n) is 2.51. The third kappa shape index (κ3) is 3.43. The minimum atomic E-state index is -3.48. The molecule has 1 N–H and O–H groups in total. The number of aromatic nitrogens is 1. The highest BCUT2D eigenvalue weighted by Gasteiger charge is 2.15. The number of nitrogens with one attached hydrogen (secondary N) is 1. The number of aryl methyl sites for hydroxylation is 2. The van der Waals surface area contributed by atoms with Gasteiger partial charge in [0.25, 0.3) is 0 Å². The summed E-state index contributed by atoms with van der Waals surface area (Å²) in [4.78, 5) is 4.61. The summed E-state index contributed by atoms with van der Waals surface area (Å²) in [6.07, 6.45) is 0.590. The van der Waals surface area contributed by atoms with Crippen molar-refractivity contribution in [3.63, 3.8) is 0 Å². The SMILES string of the molecule is Cc1nc2cc(CCNS(=O)(=O)c3ccccc3C)ccc2o1. The van der Waals surface area contributed by atoms with E-state index in [0.717, 1.165) is 22.2 Å². The van der Waals surface area contributed by atoms with Crippen LogP contribution in [0.2, 0.25) is 0 Å². The lowest BCUT2D eigenvalue weighted by atomic mass is 10.1. The van der Waals surface area contributed by atoms with Crippen LogP contribution in [0.1, 0.15) is 17.0 Å². The summed E-state index contributed by atoms with van der Waals surface area (Å²) in [6.45, 7) is 3.92. The Morgan fingerprint density at radius 2 is 1.91 bits per heavy atom. The Morgan fingerprint density at radius 1 is 1.13 bits per heavy atom. The number of hydrogen-bond acceptors (Lipinski definition) is 4. The molecule has 0 amide bonds. The highest BCUT2D eigenvalue weighted by molar-refractivity contribution is 7.89. The summed E-state index contributed by atoms with van der Waals surface area (Å²) in [7, 11) is -3.48. The summed E-state index contributed by atoms with van der Waals surface area (Å²) >= 11 is 0. The summed E-state index contributed by atoms with van der Waals surface area (Å²) in [5.41, 5.74) is 3.28. The van der Waals surface area contributed by atoms with Crippen molar-refractivity contribution in [3.8, 4) is 0 Å². The molecule has 0 radical (unpaired) electrons. The maximum atomic E-state index is 12.3. The van der Waals surface area contributed by atoms with E-state index in [2.05, 4.69) is 9.71 Å². The minimum Gasteiger partial charge on any atom is -0.441 e. The Bertz CT molecular complexity index is 945. The Morgan fingerprint density at radius 3 is 2.70 bits per heavy atom. The molecule has 0 aliphatic heterocycles. The van der Waals surface area contributed by atoms with Gasteiger partial charge in [0.05, 0.1) is 4.90 Å². The Labute approximate surface area is 135 Å². The fraction of sp³-hybridized carbons (Fsp3) is 0.235. The molecule has 120 valence electrons. The number of nitrogens with zero attached hydrogens (tertiary/aromatic N) is 1. The number of fused-ring (bicyclic) bond motifs is 1. The number of rotatable bonds is 5. The highest BCUT2D eigenvalue weighted by Crippen LogP contribution is 2.17. The van der Waals surface area contributed by atoms with Crippen LogP contribution in [0.15, 0.2) is 51.8 Å². The van der Waals surface area contributed by atoms with E-state index in [0.29, 0.717) is 23.8 Å². The second-order valence-corrected chi connectivity index (χ2v) is 7.18. The van der Waals surface area contributed by atoms with Gasteiger partial charge in [0.2, 0.25) is 10.0 Å². The van der Waals surface area contributed by atoms with Gasteiger partial charge in [-0.05, 0) is 42.7 Å². The van der Waals surface area contributed by atoms with Crippen LogP contribution in [0.4, 0.5) is 0 Å². The van der Waals surface area contributed by atoms with E-state index >= 15 is 0 Å². The van der Waals surface area contributed by atoms with Crippen molar-refractivity contribution >= 4 is 21.1 Å². The van der Waals surface area contributed by atoms with Gasteiger partial charge < -0.3 is 4.42 Å². The molecule has 5 nitrogen and oxygen atoms in total. The normalized spacial score (nSPS) is 11.9. The molecular weight excluding hydrogens is 312 g/mol. The van der Waals surface area contributed by atoms with Gasteiger partial charge in [0.15, 0.2) is 11.5 Å². The fourth-order valence-corrected chi connectivity index (χ4v) is 3.79. The lowest BCUT2D eigenvalue weighted by Crippen LogP contribution is -2.26. The van der Waals surface area contributed by atoms with E-state index in [1.54, 1.807) is 32.0 Å². The van der Waals surface area contributed by atoms with E-state index in [1.807, 2.05) is 24.3 Å². The predicted molar refractivity (Wildman–Crippen MR) is 88.8 cm³/mol. The van der Waals surface area contributed by atoms with E-state index in [-0.39, 0.29) is 0 Å². The minimum absolute atomic E-state index is 0.322. The first-order valence-corrected chi connectivity index (χ1v) is 8.85.